The Labute approximate surface area is 137 Å². The van der Waals surface area contributed by atoms with Crippen molar-refractivity contribution in [2.75, 3.05) is 5.73 Å². The van der Waals surface area contributed by atoms with Crippen molar-refractivity contribution >= 4 is 29.2 Å². The molecule has 0 aliphatic heterocycles. The highest BCUT2D eigenvalue weighted by Gasteiger charge is 2.14. The zero-order valence-corrected chi connectivity index (χ0v) is 13.3. The minimum absolute atomic E-state index is 0.127. The quantitative estimate of drug-likeness (QED) is 0.746. The Hall–Kier alpha value is -2.11. The number of hydrogen-bond acceptors (Lipinski definition) is 4. The van der Waals surface area contributed by atoms with Crippen LogP contribution in [0, 0.1) is 0 Å². The van der Waals surface area contributed by atoms with E-state index < -0.39 is 0 Å². The maximum absolute atomic E-state index is 6.04. The first-order chi connectivity index (χ1) is 10.5. The van der Waals surface area contributed by atoms with Gasteiger partial charge in [0.2, 0.25) is 5.95 Å². The fraction of sp³-hybridized carbons (Fsp3) is 0.133. The molecule has 2 N–H and O–H groups in total. The van der Waals surface area contributed by atoms with Crippen molar-refractivity contribution in [3.8, 4) is 11.4 Å². The molecule has 3 aromatic rings. The third-order valence-corrected chi connectivity index (χ3v) is 3.57. The van der Waals surface area contributed by atoms with Gasteiger partial charge in [-0.1, -0.05) is 35.3 Å². The van der Waals surface area contributed by atoms with Crippen LogP contribution in [-0.2, 0) is 13.5 Å². The maximum Gasteiger partial charge on any atom is 0.222 e. The summed E-state index contributed by atoms with van der Waals surface area (Å²) in [5.41, 5.74) is 9.11. The molecule has 7 heteroatoms. The molecule has 5 nitrogen and oxygen atoms in total. The molecule has 1 aromatic carbocycles. The Morgan fingerprint density at radius 3 is 2.73 bits per heavy atom. The largest absolute Gasteiger partial charge is 0.368 e. The summed E-state index contributed by atoms with van der Waals surface area (Å²) in [4.78, 5) is 8.09. The number of anilines is 1. The van der Waals surface area contributed by atoms with Gasteiger partial charge < -0.3 is 5.73 Å². The van der Waals surface area contributed by atoms with Crippen LogP contribution in [0.5, 0.6) is 0 Å². The number of nitrogen functional groups attached to an aromatic ring is 1. The minimum Gasteiger partial charge on any atom is -0.368 e. The summed E-state index contributed by atoms with van der Waals surface area (Å²) in [6, 6.07) is 9.37. The number of rotatable bonds is 3. The Bertz CT molecular complexity index is 808. The third kappa shape index (κ3) is 3.21. The third-order valence-electron chi connectivity index (χ3n) is 3.14. The molecule has 0 radical (unpaired) electrons. The van der Waals surface area contributed by atoms with Crippen LogP contribution < -0.4 is 5.73 Å². The minimum atomic E-state index is 0.127. The number of benzene rings is 1. The predicted octanol–water partition coefficient (Wildman–Crippen LogP) is 3.36. The molecule has 0 atom stereocenters. The summed E-state index contributed by atoms with van der Waals surface area (Å²) in [7, 11) is 1.86. The second-order valence-corrected chi connectivity index (χ2v) is 5.74. The zero-order chi connectivity index (χ0) is 15.7. The molecule has 0 aliphatic carbocycles. The molecule has 3 rings (SSSR count). The van der Waals surface area contributed by atoms with Gasteiger partial charge in [-0.05, 0) is 17.7 Å². The fourth-order valence-corrected chi connectivity index (χ4v) is 2.71. The first-order valence-electron chi connectivity index (χ1n) is 6.58. The van der Waals surface area contributed by atoms with Crippen molar-refractivity contribution in [2.24, 2.45) is 7.05 Å². The van der Waals surface area contributed by atoms with E-state index in [1.807, 2.05) is 37.5 Å². The van der Waals surface area contributed by atoms with Crippen LogP contribution in [0.4, 0.5) is 5.95 Å². The highest BCUT2D eigenvalue weighted by atomic mass is 35.5. The number of nitrogens with zero attached hydrogens (tertiary/aromatic N) is 4. The number of nitrogens with two attached hydrogens (primary N) is 1. The summed E-state index contributed by atoms with van der Waals surface area (Å²) < 4.78 is 1.74. The number of aryl methyl sites for hydroxylation is 1. The van der Waals surface area contributed by atoms with Gasteiger partial charge in [0.25, 0.3) is 0 Å². The molecule has 0 bridgehead atoms. The summed E-state index contributed by atoms with van der Waals surface area (Å²) in [6.45, 7) is 0. The Morgan fingerprint density at radius 1 is 1.18 bits per heavy atom. The average Bonchev–Trinajstić information content (AvgIpc) is 2.78. The standard InChI is InChI=1S/C15H13Cl2N5/c1-22-8-10(5-9-3-2-4-11(16)6-9)14(21-22)12-7-13(17)20-15(18)19-12/h2-4,6-8H,5H2,1H3,(H2,18,19,20). The predicted molar refractivity (Wildman–Crippen MR) is 87.9 cm³/mol. The van der Waals surface area contributed by atoms with Crippen LogP contribution in [0.3, 0.4) is 0 Å². The van der Waals surface area contributed by atoms with Gasteiger partial charge in [-0.3, -0.25) is 4.68 Å². The van der Waals surface area contributed by atoms with E-state index in [-0.39, 0.29) is 5.95 Å². The van der Waals surface area contributed by atoms with Crippen LogP contribution in [0.25, 0.3) is 11.4 Å². The van der Waals surface area contributed by atoms with Gasteiger partial charge in [-0.25, -0.2) is 9.97 Å². The van der Waals surface area contributed by atoms with Crippen LogP contribution >= 0.6 is 23.2 Å². The van der Waals surface area contributed by atoms with Gasteiger partial charge in [0, 0.05) is 36.3 Å². The lowest BCUT2D eigenvalue weighted by Crippen LogP contribution is -1.99. The van der Waals surface area contributed by atoms with E-state index in [0.29, 0.717) is 22.3 Å². The first kappa shape index (κ1) is 14.8. The lowest BCUT2D eigenvalue weighted by molar-refractivity contribution is 0.769. The van der Waals surface area contributed by atoms with E-state index in [1.165, 1.54) is 0 Å². The lowest BCUT2D eigenvalue weighted by Gasteiger charge is -2.04. The molecule has 2 aromatic heterocycles. The van der Waals surface area contributed by atoms with Crippen molar-refractivity contribution in [1.29, 1.82) is 0 Å². The molecule has 0 saturated heterocycles. The highest BCUT2D eigenvalue weighted by Crippen LogP contribution is 2.25. The van der Waals surface area contributed by atoms with Crippen molar-refractivity contribution in [3.63, 3.8) is 0 Å². The van der Waals surface area contributed by atoms with E-state index in [2.05, 4.69) is 15.1 Å². The molecule has 112 valence electrons. The maximum atomic E-state index is 6.04. The number of hydrogen-bond donors (Lipinski definition) is 1. The highest BCUT2D eigenvalue weighted by molar-refractivity contribution is 6.30. The lowest BCUT2D eigenvalue weighted by atomic mass is 10.0. The number of halogens is 2. The zero-order valence-electron chi connectivity index (χ0n) is 11.8. The molecule has 0 fully saturated rings. The molecule has 22 heavy (non-hydrogen) atoms. The Kier molecular flexibility index (Phi) is 4.00. The van der Waals surface area contributed by atoms with Crippen LogP contribution in [0.15, 0.2) is 36.5 Å². The molecule has 0 aliphatic rings. The van der Waals surface area contributed by atoms with E-state index in [1.54, 1.807) is 10.7 Å². The molecule has 0 unspecified atom stereocenters. The van der Waals surface area contributed by atoms with Gasteiger partial charge in [-0.15, -0.1) is 0 Å². The monoisotopic (exact) mass is 333 g/mol. The van der Waals surface area contributed by atoms with Crippen LogP contribution in [0.2, 0.25) is 10.2 Å². The topological polar surface area (TPSA) is 69.6 Å². The van der Waals surface area contributed by atoms with Gasteiger partial charge in [0.05, 0.1) is 5.69 Å². The Morgan fingerprint density at radius 2 is 2.00 bits per heavy atom. The van der Waals surface area contributed by atoms with Crippen molar-refractivity contribution < 1.29 is 0 Å². The molecular formula is C15H13Cl2N5. The molecule has 0 amide bonds. The van der Waals surface area contributed by atoms with Gasteiger partial charge in [0.15, 0.2) is 0 Å². The summed E-state index contributed by atoms with van der Waals surface area (Å²) in [5, 5.41) is 5.46. The van der Waals surface area contributed by atoms with Gasteiger partial charge in [-0.2, -0.15) is 5.10 Å². The van der Waals surface area contributed by atoms with E-state index in [0.717, 1.165) is 16.8 Å². The number of aromatic nitrogens is 4. The van der Waals surface area contributed by atoms with Gasteiger partial charge in [0.1, 0.15) is 10.8 Å². The van der Waals surface area contributed by atoms with E-state index in [4.69, 9.17) is 28.9 Å². The van der Waals surface area contributed by atoms with E-state index >= 15 is 0 Å². The normalized spacial score (nSPS) is 10.9. The fourth-order valence-electron chi connectivity index (χ4n) is 2.31. The van der Waals surface area contributed by atoms with Gasteiger partial charge >= 0.3 is 0 Å². The average molecular weight is 334 g/mol. The SMILES string of the molecule is Cn1cc(Cc2cccc(Cl)c2)c(-c2cc(Cl)nc(N)n2)n1. The summed E-state index contributed by atoms with van der Waals surface area (Å²) in [5.74, 6) is 0.127. The second kappa shape index (κ2) is 5.94. The smallest absolute Gasteiger partial charge is 0.222 e. The van der Waals surface area contributed by atoms with E-state index in [9.17, 15) is 0 Å². The molecule has 0 spiro atoms. The van der Waals surface area contributed by atoms with Crippen LogP contribution in [0.1, 0.15) is 11.1 Å². The summed E-state index contributed by atoms with van der Waals surface area (Å²) in [6.07, 6.45) is 2.63. The summed E-state index contributed by atoms with van der Waals surface area (Å²) >= 11 is 12.0. The molecule has 0 saturated carbocycles. The van der Waals surface area contributed by atoms with Crippen molar-refractivity contribution in [3.05, 3.63) is 57.8 Å². The molecular weight excluding hydrogens is 321 g/mol. The second-order valence-electron chi connectivity index (χ2n) is 4.92. The van der Waals surface area contributed by atoms with Crippen molar-refractivity contribution in [2.45, 2.75) is 6.42 Å². The molecule has 2 heterocycles. The first-order valence-corrected chi connectivity index (χ1v) is 7.34. The van der Waals surface area contributed by atoms with Crippen LogP contribution in [-0.4, -0.2) is 19.7 Å². The van der Waals surface area contributed by atoms with Crippen molar-refractivity contribution in [1.82, 2.24) is 19.7 Å². The Balaban J connectivity index is 2.03.